The third kappa shape index (κ3) is 9.16. The van der Waals surface area contributed by atoms with Crippen LogP contribution in [0.4, 0.5) is 0 Å². The Labute approximate surface area is 86.6 Å². The first kappa shape index (κ1) is 13.7. The van der Waals surface area contributed by atoms with E-state index in [0.29, 0.717) is 5.75 Å². The van der Waals surface area contributed by atoms with Gasteiger partial charge in [0, 0.05) is 5.88 Å². The van der Waals surface area contributed by atoms with E-state index in [0.717, 1.165) is 0 Å². The van der Waals surface area contributed by atoms with Crippen LogP contribution in [-0.4, -0.2) is 30.1 Å². The van der Waals surface area contributed by atoms with E-state index >= 15 is 0 Å². The molecule has 0 aliphatic heterocycles. The molecule has 10 heavy (non-hydrogen) atoms. The molecule has 0 saturated carbocycles. The molecule has 0 aromatic heterocycles. The minimum Gasteiger partial charge on any atom is -0.423 e. The zero-order valence-corrected chi connectivity index (χ0v) is 8.93. The molecule has 56 valence electrons. The quantitative estimate of drug-likeness (QED) is 0.214. The van der Waals surface area contributed by atoms with E-state index in [4.69, 9.17) is 21.3 Å². The van der Waals surface area contributed by atoms with Gasteiger partial charge in [0.05, 0.1) is 0 Å². The molecule has 0 amide bonds. The summed E-state index contributed by atoms with van der Waals surface area (Å²) >= 11 is 5.00. The van der Waals surface area contributed by atoms with Gasteiger partial charge >= 0.3 is 29.6 Å². The van der Waals surface area contributed by atoms with Crippen LogP contribution in [0.15, 0.2) is 0 Å². The molecule has 0 rings (SSSR count). The molecule has 0 spiro atoms. The number of aliphatic hydroxyl groups excluding tert-OH is 1. The predicted octanol–water partition coefficient (Wildman–Crippen LogP) is -3.36. The van der Waals surface area contributed by atoms with E-state index in [1.807, 2.05) is 0 Å². The van der Waals surface area contributed by atoms with Crippen LogP contribution >= 0.6 is 11.6 Å². The maximum absolute atomic E-state index is 9.88. The van der Waals surface area contributed by atoms with Crippen molar-refractivity contribution < 1.29 is 47.6 Å². The van der Waals surface area contributed by atoms with E-state index in [9.17, 15) is 8.42 Å². The number of rotatable bonds is 3. The Balaban J connectivity index is 0. The largest absolute Gasteiger partial charge is 1.00 e. The van der Waals surface area contributed by atoms with Gasteiger partial charge in [-0.3, -0.25) is 0 Å². The topological polar surface area (TPSA) is 74.6 Å². The van der Waals surface area contributed by atoms with Crippen LogP contribution in [0.25, 0.3) is 0 Å². The summed E-state index contributed by atoms with van der Waals surface area (Å²) in [6.45, 7) is 0. The summed E-state index contributed by atoms with van der Waals surface area (Å²) in [5.41, 5.74) is 0. The molecule has 0 aromatic carbocycles. The van der Waals surface area contributed by atoms with Crippen molar-refractivity contribution >= 4 is 21.7 Å². The molecule has 0 bridgehead atoms. The average Bonchev–Trinajstić information content (AvgIpc) is 1.62. The van der Waals surface area contributed by atoms with Crippen LogP contribution < -0.4 is 29.6 Å². The molecule has 0 saturated heterocycles. The van der Waals surface area contributed by atoms with Crippen LogP contribution in [0.3, 0.4) is 0 Å². The Morgan fingerprint density at radius 2 is 2.00 bits per heavy atom. The fourth-order valence-electron chi connectivity index (χ4n) is 0.235. The van der Waals surface area contributed by atoms with E-state index in [1.165, 1.54) is 0 Å². The van der Waals surface area contributed by atoms with E-state index in [-0.39, 0.29) is 35.4 Å². The molecule has 1 atom stereocenters. The Kier molecular flexibility index (Phi) is 7.92. The Morgan fingerprint density at radius 1 is 1.60 bits per heavy atom. The maximum atomic E-state index is 9.88. The van der Waals surface area contributed by atoms with E-state index < -0.39 is 16.2 Å². The second-order valence-electron chi connectivity index (χ2n) is 1.37. The fraction of sp³-hybridized carbons (Fsp3) is 0.667. The monoisotopic (exact) mass is 196 g/mol. The molecule has 0 aromatic rings. The molecule has 0 fully saturated rings. The van der Waals surface area contributed by atoms with Gasteiger partial charge in [-0.15, -0.1) is 11.6 Å². The van der Waals surface area contributed by atoms with Crippen LogP contribution in [-0.2, 0) is 10.1 Å². The average molecular weight is 197 g/mol. The summed E-state index contributed by atoms with van der Waals surface area (Å²) < 4.78 is 27.8. The number of aliphatic hydroxyl groups is 1. The summed E-state index contributed by atoms with van der Waals surface area (Å²) in [5.74, 6) is 0.111. The normalized spacial score (nSPS) is 13.9. The molecule has 0 radical (unpaired) electrons. The zero-order chi connectivity index (χ0) is 7.49. The number of hydrogen-bond donors (Lipinski definition) is 2. The van der Waals surface area contributed by atoms with Gasteiger partial charge in [0.15, 0.2) is 0 Å². The van der Waals surface area contributed by atoms with Crippen LogP contribution in [0.2, 0.25) is 0 Å². The summed E-state index contributed by atoms with van der Waals surface area (Å²) in [4.78, 5) is 0. The fourth-order valence-corrected chi connectivity index (χ4v) is 0.923. The third-order valence-corrected chi connectivity index (χ3v) is 1.46. The molecule has 0 heterocycles. The minimum atomic E-state index is -4.19. The molecule has 2 N–H and O–H groups in total. The Bertz CT molecular complexity index is 167. The molecule has 0 aliphatic rings. The van der Waals surface area contributed by atoms with Crippen molar-refractivity contribution in [2.75, 3.05) is 5.88 Å². The van der Waals surface area contributed by atoms with Gasteiger partial charge in [0.1, 0.15) is 10.1 Å². The second kappa shape index (κ2) is 5.77. The number of alkyl halides is 1. The van der Waals surface area contributed by atoms with Crippen molar-refractivity contribution in [3.63, 3.8) is 0 Å². The summed E-state index contributed by atoms with van der Waals surface area (Å²) in [6, 6.07) is 0. The molecule has 7 heteroatoms. The first-order chi connectivity index (χ1) is 3.95. The first-order valence-corrected chi connectivity index (χ1v) is 4.06. The van der Waals surface area contributed by atoms with Crippen molar-refractivity contribution in [3.8, 4) is 0 Å². The van der Waals surface area contributed by atoms with Crippen molar-refractivity contribution in [2.45, 2.75) is 6.10 Å². The van der Waals surface area contributed by atoms with Gasteiger partial charge < -0.3 is 9.66 Å². The van der Waals surface area contributed by atoms with Gasteiger partial charge in [-0.05, 0) is 6.10 Å². The Morgan fingerprint density at radius 3 is 2.10 bits per heavy atom. The first-order valence-electron chi connectivity index (χ1n) is 2.02. The van der Waals surface area contributed by atoms with Crippen molar-refractivity contribution in [3.05, 3.63) is 5.75 Å². The SMILES string of the molecule is O=S(=O)(O)[CH-]C(O)CCl.[Na+]. The number of halogens is 1. The van der Waals surface area contributed by atoms with Crippen molar-refractivity contribution in [1.82, 2.24) is 0 Å². The number of hydrogen-bond acceptors (Lipinski definition) is 3. The van der Waals surface area contributed by atoms with Gasteiger partial charge in [-0.1, -0.05) is 0 Å². The smallest absolute Gasteiger partial charge is 0.423 e. The summed E-state index contributed by atoms with van der Waals surface area (Å²) in [7, 11) is -4.19. The van der Waals surface area contributed by atoms with E-state index in [2.05, 4.69) is 0 Å². The standard InChI is InChI=1S/C3H6ClO4S.Na/c4-1-3(5)2-9(6,7)8;/h2-3,5H,1H2,(H,6,7,8);/q-1;+1. The molecule has 1 unspecified atom stereocenters. The molecule has 4 nitrogen and oxygen atoms in total. The van der Waals surface area contributed by atoms with Gasteiger partial charge in [0.25, 0.3) is 0 Å². The van der Waals surface area contributed by atoms with E-state index in [1.54, 1.807) is 0 Å². The van der Waals surface area contributed by atoms with Gasteiger partial charge in [-0.25, -0.2) is 8.42 Å². The summed E-state index contributed by atoms with van der Waals surface area (Å²) in [6.07, 6.45) is -1.30. The van der Waals surface area contributed by atoms with Gasteiger partial charge in [0.2, 0.25) is 0 Å². The molecular formula is C3H6ClNaO4S. The van der Waals surface area contributed by atoms with Gasteiger partial charge in [-0.2, -0.15) is 5.75 Å². The minimum absolute atomic E-state index is 0. The zero-order valence-electron chi connectivity index (χ0n) is 5.36. The van der Waals surface area contributed by atoms with Crippen molar-refractivity contribution in [1.29, 1.82) is 0 Å². The summed E-state index contributed by atoms with van der Waals surface area (Å²) in [5, 5.41) is 8.47. The van der Waals surface area contributed by atoms with Crippen LogP contribution in [0.5, 0.6) is 0 Å². The molecule has 0 aliphatic carbocycles. The Hall–Kier alpha value is 1.16. The third-order valence-electron chi connectivity index (χ3n) is 0.487. The predicted molar refractivity (Wildman–Crippen MR) is 32.6 cm³/mol. The van der Waals surface area contributed by atoms with Crippen molar-refractivity contribution in [2.24, 2.45) is 0 Å². The second-order valence-corrected chi connectivity index (χ2v) is 2.98. The maximum Gasteiger partial charge on any atom is 1.00 e. The van der Waals surface area contributed by atoms with Crippen LogP contribution in [0.1, 0.15) is 0 Å². The molecular weight excluding hydrogens is 191 g/mol. The van der Waals surface area contributed by atoms with Crippen LogP contribution in [0, 0.1) is 5.75 Å².